The summed E-state index contributed by atoms with van der Waals surface area (Å²) in [6.45, 7) is -0.0962. The fourth-order valence-electron chi connectivity index (χ4n) is 1.83. The van der Waals surface area contributed by atoms with Gasteiger partial charge in [0.05, 0.1) is 13.2 Å². The highest BCUT2D eigenvalue weighted by Crippen LogP contribution is 2.26. The topological polar surface area (TPSA) is 49.7 Å². The zero-order valence-electron chi connectivity index (χ0n) is 10.3. The number of phenolic OH excluding ortho intramolecular Hbond substituents is 1. The number of benzene rings is 2. The molecule has 0 aliphatic carbocycles. The quantitative estimate of drug-likeness (QED) is 0.871. The van der Waals surface area contributed by atoms with Gasteiger partial charge in [0.2, 0.25) is 0 Å². The van der Waals surface area contributed by atoms with Crippen molar-refractivity contribution in [1.82, 2.24) is 0 Å². The predicted molar refractivity (Wildman–Crippen MR) is 69.8 cm³/mol. The number of phenols is 1. The molecule has 0 aromatic heterocycles. The van der Waals surface area contributed by atoms with Crippen molar-refractivity contribution in [2.75, 3.05) is 13.2 Å². The predicted octanol–water partition coefficient (Wildman–Crippen LogP) is 2.69. The smallest absolute Gasteiger partial charge is 0.165 e. The molecule has 19 heavy (non-hydrogen) atoms. The van der Waals surface area contributed by atoms with E-state index in [1.807, 2.05) is 0 Å². The maximum absolute atomic E-state index is 13.4. The average Bonchev–Trinajstić information content (AvgIpc) is 2.43. The number of aliphatic hydroxyl groups is 1. The molecule has 0 radical (unpaired) electrons. The Morgan fingerprint density at radius 3 is 2.42 bits per heavy atom. The molecule has 0 fully saturated rings. The number of aliphatic hydroxyl groups excluding tert-OH is 1. The lowest BCUT2D eigenvalue weighted by Gasteiger charge is -2.17. The van der Waals surface area contributed by atoms with Crippen LogP contribution in [0.3, 0.4) is 0 Å². The maximum atomic E-state index is 13.4. The largest absolute Gasteiger partial charge is 0.508 e. The molecule has 1 unspecified atom stereocenters. The van der Waals surface area contributed by atoms with Crippen molar-refractivity contribution in [3.63, 3.8) is 0 Å². The molecular formula is C15H15FO3. The van der Waals surface area contributed by atoms with Crippen molar-refractivity contribution in [2.45, 2.75) is 5.92 Å². The number of hydrogen-bond donors (Lipinski definition) is 2. The van der Waals surface area contributed by atoms with Crippen LogP contribution in [0, 0.1) is 5.82 Å². The van der Waals surface area contributed by atoms with Gasteiger partial charge in [-0.15, -0.1) is 0 Å². The van der Waals surface area contributed by atoms with Crippen molar-refractivity contribution < 1.29 is 19.3 Å². The first kappa shape index (κ1) is 13.4. The third-order valence-electron chi connectivity index (χ3n) is 2.87. The van der Waals surface area contributed by atoms with Gasteiger partial charge in [0.1, 0.15) is 5.75 Å². The molecule has 0 aliphatic rings. The zero-order valence-corrected chi connectivity index (χ0v) is 10.3. The second kappa shape index (κ2) is 6.20. The Morgan fingerprint density at radius 1 is 1.05 bits per heavy atom. The van der Waals surface area contributed by atoms with Gasteiger partial charge >= 0.3 is 0 Å². The van der Waals surface area contributed by atoms with Crippen LogP contribution in [-0.2, 0) is 0 Å². The van der Waals surface area contributed by atoms with Crippen LogP contribution >= 0.6 is 0 Å². The van der Waals surface area contributed by atoms with Gasteiger partial charge in [-0.25, -0.2) is 4.39 Å². The molecule has 100 valence electrons. The minimum absolute atomic E-state index is 0.0923. The van der Waals surface area contributed by atoms with E-state index in [1.54, 1.807) is 36.4 Å². The summed E-state index contributed by atoms with van der Waals surface area (Å²) < 4.78 is 18.7. The van der Waals surface area contributed by atoms with Crippen LogP contribution in [0.1, 0.15) is 11.5 Å². The number of halogens is 1. The van der Waals surface area contributed by atoms with Crippen LogP contribution in [0.4, 0.5) is 4.39 Å². The first-order chi connectivity index (χ1) is 9.22. The number of rotatable bonds is 5. The summed E-state index contributed by atoms with van der Waals surface area (Å²) in [5, 5.41) is 19.1. The Balaban J connectivity index is 2.09. The van der Waals surface area contributed by atoms with E-state index >= 15 is 0 Å². The Bertz CT molecular complexity index is 542. The van der Waals surface area contributed by atoms with Crippen LogP contribution in [0.5, 0.6) is 11.5 Å². The zero-order chi connectivity index (χ0) is 13.7. The van der Waals surface area contributed by atoms with Crippen LogP contribution in [-0.4, -0.2) is 23.4 Å². The van der Waals surface area contributed by atoms with Crippen molar-refractivity contribution in [3.8, 4) is 11.5 Å². The Morgan fingerprint density at radius 2 is 1.74 bits per heavy atom. The molecule has 3 nitrogen and oxygen atoms in total. The van der Waals surface area contributed by atoms with Gasteiger partial charge in [-0.1, -0.05) is 30.3 Å². The molecule has 0 saturated heterocycles. The Labute approximate surface area is 110 Å². The highest BCUT2D eigenvalue weighted by atomic mass is 19.1. The van der Waals surface area contributed by atoms with E-state index in [2.05, 4.69) is 0 Å². The first-order valence-electron chi connectivity index (χ1n) is 5.98. The molecular weight excluding hydrogens is 247 g/mol. The molecule has 0 aliphatic heterocycles. The third kappa shape index (κ3) is 3.23. The summed E-state index contributed by atoms with van der Waals surface area (Å²) in [6, 6.07) is 12.8. The monoisotopic (exact) mass is 262 g/mol. The normalized spacial score (nSPS) is 12.1. The van der Waals surface area contributed by atoms with E-state index in [4.69, 9.17) is 4.74 Å². The molecule has 0 bridgehead atoms. The molecule has 0 saturated carbocycles. The number of hydrogen-bond acceptors (Lipinski definition) is 3. The SMILES string of the molecule is OCC(COc1ccccc1F)c1ccccc1O. The maximum Gasteiger partial charge on any atom is 0.165 e. The molecule has 4 heteroatoms. The molecule has 0 amide bonds. The third-order valence-corrected chi connectivity index (χ3v) is 2.87. The molecule has 0 spiro atoms. The second-order valence-corrected chi connectivity index (χ2v) is 4.18. The van der Waals surface area contributed by atoms with Crippen LogP contribution in [0.15, 0.2) is 48.5 Å². The lowest BCUT2D eigenvalue weighted by atomic mass is 10.00. The first-order valence-corrected chi connectivity index (χ1v) is 5.98. The van der Waals surface area contributed by atoms with E-state index in [0.717, 1.165) is 0 Å². The summed E-state index contributed by atoms with van der Waals surface area (Å²) in [5.74, 6) is -0.618. The van der Waals surface area contributed by atoms with Gasteiger partial charge in [0.25, 0.3) is 0 Å². The fraction of sp³-hybridized carbons (Fsp3) is 0.200. The fourth-order valence-corrected chi connectivity index (χ4v) is 1.83. The van der Waals surface area contributed by atoms with E-state index < -0.39 is 11.7 Å². The summed E-state index contributed by atoms with van der Waals surface area (Å²) in [5.41, 5.74) is 0.585. The van der Waals surface area contributed by atoms with Crippen LogP contribution < -0.4 is 4.74 Å². The molecule has 2 rings (SSSR count). The number of aromatic hydroxyl groups is 1. The van der Waals surface area contributed by atoms with Crippen molar-refractivity contribution >= 4 is 0 Å². The van der Waals surface area contributed by atoms with Gasteiger partial charge < -0.3 is 14.9 Å². The van der Waals surface area contributed by atoms with Gasteiger partial charge in [-0.3, -0.25) is 0 Å². The van der Waals surface area contributed by atoms with Crippen molar-refractivity contribution in [3.05, 3.63) is 59.9 Å². The summed E-state index contributed by atoms with van der Waals surface area (Å²) >= 11 is 0. The van der Waals surface area contributed by atoms with E-state index in [0.29, 0.717) is 5.56 Å². The van der Waals surface area contributed by atoms with E-state index in [1.165, 1.54) is 12.1 Å². The highest BCUT2D eigenvalue weighted by Gasteiger charge is 2.15. The second-order valence-electron chi connectivity index (χ2n) is 4.18. The van der Waals surface area contributed by atoms with Crippen LogP contribution in [0.2, 0.25) is 0 Å². The molecule has 0 heterocycles. The van der Waals surface area contributed by atoms with E-state index in [9.17, 15) is 14.6 Å². The highest BCUT2D eigenvalue weighted by molar-refractivity contribution is 5.35. The van der Waals surface area contributed by atoms with Gasteiger partial charge in [-0.2, -0.15) is 0 Å². The van der Waals surface area contributed by atoms with Gasteiger partial charge in [0.15, 0.2) is 11.6 Å². The Hall–Kier alpha value is -2.07. The summed E-state index contributed by atoms with van der Waals surface area (Å²) in [7, 11) is 0. The van der Waals surface area contributed by atoms with E-state index in [-0.39, 0.29) is 24.7 Å². The number of para-hydroxylation sites is 2. The molecule has 2 aromatic rings. The lowest BCUT2D eigenvalue weighted by Crippen LogP contribution is -2.14. The standard InChI is InChI=1S/C15H15FO3/c16-13-6-2-4-8-15(13)19-10-11(9-17)12-5-1-3-7-14(12)18/h1-8,11,17-18H,9-10H2. The summed E-state index contributed by atoms with van der Waals surface area (Å²) in [6.07, 6.45) is 0. The molecule has 2 aromatic carbocycles. The Kier molecular flexibility index (Phi) is 4.36. The lowest BCUT2D eigenvalue weighted by molar-refractivity contribution is 0.198. The van der Waals surface area contributed by atoms with Gasteiger partial charge in [0, 0.05) is 11.5 Å². The minimum atomic E-state index is -0.448. The van der Waals surface area contributed by atoms with Crippen LogP contribution in [0.25, 0.3) is 0 Å². The van der Waals surface area contributed by atoms with Gasteiger partial charge in [-0.05, 0) is 18.2 Å². The number of ether oxygens (including phenoxy) is 1. The van der Waals surface area contributed by atoms with Crippen molar-refractivity contribution in [2.24, 2.45) is 0 Å². The average molecular weight is 262 g/mol. The minimum Gasteiger partial charge on any atom is -0.508 e. The van der Waals surface area contributed by atoms with Crippen molar-refractivity contribution in [1.29, 1.82) is 0 Å². The molecule has 2 N–H and O–H groups in total. The molecule has 1 atom stereocenters. The summed E-state index contributed by atoms with van der Waals surface area (Å²) in [4.78, 5) is 0.